The van der Waals surface area contributed by atoms with Gasteiger partial charge in [0.1, 0.15) is 11.5 Å². The molecule has 2 aromatic heterocycles. The maximum Gasteiger partial charge on any atom is 0.431 e. The Bertz CT molecular complexity index is 1380. The number of ether oxygens (including phenoxy) is 3. The number of halogens is 4. The highest BCUT2D eigenvalue weighted by atomic mass is 19.4. The van der Waals surface area contributed by atoms with Crippen molar-refractivity contribution in [2.24, 2.45) is 7.05 Å². The molecular weight excluding hydrogens is 480 g/mol. The average Bonchev–Trinajstić information content (AvgIpc) is 2.78. The number of rotatable bonds is 7. The van der Waals surface area contributed by atoms with Crippen LogP contribution < -0.4 is 26.5 Å². The number of hydrogen-bond donors (Lipinski definition) is 1. The summed E-state index contributed by atoms with van der Waals surface area (Å²) in [5, 5.41) is 0. The number of pyridine rings is 1. The Morgan fingerprint density at radius 3 is 2.54 bits per heavy atom. The maximum absolute atomic E-state index is 14.7. The van der Waals surface area contributed by atoms with Crippen LogP contribution in [0.25, 0.3) is 5.69 Å². The van der Waals surface area contributed by atoms with Crippen molar-refractivity contribution in [3.05, 3.63) is 68.9 Å². The summed E-state index contributed by atoms with van der Waals surface area (Å²) in [4.78, 5) is 40.4. The van der Waals surface area contributed by atoms with Gasteiger partial charge in [0.25, 0.3) is 11.4 Å². The summed E-state index contributed by atoms with van der Waals surface area (Å²) in [5.41, 5.74) is 0.447. The topological polar surface area (TPSA) is 128 Å². The number of anilines is 1. The lowest BCUT2D eigenvalue weighted by atomic mass is 10.2. The van der Waals surface area contributed by atoms with E-state index >= 15 is 0 Å². The number of benzene rings is 1. The Morgan fingerprint density at radius 1 is 1.17 bits per heavy atom. The molecule has 3 aromatic rings. The molecule has 2 heterocycles. The Kier molecular flexibility index (Phi) is 7.12. The number of hydrogen-bond acceptors (Lipinski definition) is 8. The molecule has 3 rings (SSSR count). The van der Waals surface area contributed by atoms with Crippen molar-refractivity contribution in [3.63, 3.8) is 0 Å². The molecule has 0 bridgehead atoms. The van der Waals surface area contributed by atoms with Gasteiger partial charge in [-0.3, -0.25) is 9.36 Å². The zero-order chi connectivity index (χ0) is 25.9. The first-order valence-corrected chi connectivity index (χ1v) is 9.85. The number of nitrogens with two attached hydrogens (primary N) is 1. The second kappa shape index (κ2) is 9.87. The average molecular weight is 498 g/mol. The fourth-order valence-corrected chi connectivity index (χ4v) is 2.95. The van der Waals surface area contributed by atoms with E-state index in [0.29, 0.717) is 0 Å². The standard InChI is InChI=1S/C21H18F4N4O6/c1-3-33-18(31)10-34-19-14(5-4-6-27-19)35-15-8-13(11(22)7-12(15)26)29-17(30)9-16(21(23,24)25)28(2)20(29)32/h4-9H,3,10,26H2,1-2H3. The lowest BCUT2D eigenvalue weighted by Gasteiger charge is -2.16. The SMILES string of the molecule is CCOC(=O)COc1ncccc1Oc1cc(-n2c(=O)cc(C(F)(F)F)n(C)c2=O)c(F)cc1N. The van der Waals surface area contributed by atoms with E-state index in [9.17, 15) is 31.9 Å². The molecule has 0 aliphatic rings. The van der Waals surface area contributed by atoms with E-state index in [-0.39, 0.29) is 44.9 Å². The van der Waals surface area contributed by atoms with E-state index in [1.165, 1.54) is 18.3 Å². The van der Waals surface area contributed by atoms with Crippen molar-refractivity contribution in [2.45, 2.75) is 13.1 Å². The summed E-state index contributed by atoms with van der Waals surface area (Å²) in [5.74, 6) is -2.35. The molecule has 0 saturated heterocycles. The smallest absolute Gasteiger partial charge is 0.431 e. The first-order valence-electron chi connectivity index (χ1n) is 9.85. The van der Waals surface area contributed by atoms with Crippen LogP contribution in [0, 0.1) is 5.82 Å². The van der Waals surface area contributed by atoms with Crippen molar-refractivity contribution in [1.82, 2.24) is 14.1 Å². The maximum atomic E-state index is 14.7. The molecule has 0 amide bonds. The number of aromatic nitrogens is 3. The van der Waals surface area contributed by atoms with Gasteiger partial charge < -0.3 is 19.9 Å². The first-order chi connectivity index (χ1) is 16.4. The molecular formula is C21H18F4N4O6. The second-order valence-electron chi connectivity index (χ2n) is 6.89. The predicted octanol–water partition coefficient (Wildman–Crippen LogP) is 2.41. The van der Waals surface area contributed by atoms with Gasteiger partial charge in [0, 0.05) is 31.4 Å². The molecule has 0 atom stereocenters. The minimum Gasteiger partial charge on any atom is -0.463 e. The molecule has 14 heteroatoms. The molecule has 0 fully saturated rings. The number of carbonyl (C=O) groups is 1. The third-order valence-electron chi connectivity index (χ3n) is 4.52. The molecule has 0 spiro atoms. The first kappa shape index (κ1) is 25.3. The normalized spacial score (nSPS) is 11.3. The number of alkyl halides is 3. The van der Waals surface area contributed by atoms with Gasteiger partial charge in [-0.1, -0.05) is 0 Å². The fourth-order valence-electron chi connectivity index (χ4n) is 2.95. The summed E-state index contributed by atoms with van der Waals surface area (Å²) >= 11 is 0. The Labute approximate surface area is 194 Å². The Morgan fingerprint density at radius 2 is 1.89 bits per heavy atom. The van der Waals surface area contributed by atoms with Crippen LogP contribution in [0.3, 0.4) is 0 Å². The number of nitrogens with zero attached hydrogens (tertiary/aromatic N) is 3. The van der Waals surface area contributed by atoms with Crippen molar-refractivity contribution < 1.29 is 36.6 Å². The molecule has 35 heavy (non-hydrogen) atoms. The van der Waals surface area contributed by atoms with Crippen LogP contribution in [0.1, 0.15) is 12.6 Å². The van der Waals surface area contributed by atoms with Crippen LogP contribution in [0.15, 0.2) is 46.1 Å². The van der Waals surface area contributed by atoms with Crippen molar-refractivity contribution in [2.75, 3.05) is 18.9 Å². The van der Waals surface area contributed by atoms with Crippen LogP contribution in [-0.4, -0.2) is 33.3 Å². The summed E-state index contributed by atoms with van der Waals surface area (Å²) in [6.07, 6.45) is -3.65. The molecule has 0 unspecified atom stereocenters. The molecule has 0 aliphatic carbocycles. The predicted molar refractivity (Wildman–Crippen MR) is 113 cm³/mol. The van der Waals surface area contributed by atoms with E-state index in [2.05, 4.69) is 4.98 Å². The lowest BCUT2D eigenvalue weighted by molar-refractivity contribution is -0.145. The summed E-state index contributed by atoms with van der Waals surface area (Å²) in [6, 6.07) is 4.58. The van der Waals surface area contributed by atoms with Crippen LogP contribution in [0.2, 0.25) is 0 Å². The zero-order valence-corrected chi connectivity index (χ0v) is 18.3. The van der Waals surface area contributed by atoms with Gasteiger partial charge >= 0.3 is 17.8 Å². The highest BCUT2D eigenvalue weighted by molar-refractivity contribution is 5.71. The molecule has 0 saturated carbocycles. The highest BCUT2D eigenvalue weighted by Gasteiger charge is 2.35. The third-order valence-corrected chi connectivity index (χ3v) is 4.52. The second-order valence-corrected chi connectivity index (χ2v) is 6.89. The quantitative estimate of drug-likeness (QED) is 0.299. The van der Waals surface area contributed by atoms with Gasteiger partial charge in [-0.25, -0.2) is 23.5 Å². The van der Waals surface area contributed by atoms with Crippen LogP contribution in [-0.2, 0) is 22.8 Å². The van der Waals surface area contributed by atoms with Gasteiger partial charge in [-0.15, -0.1) is 0 Å². The van der Waals surface area contributed by atoms with Gasteiger partial charge in [-0.05, 0) is 19.1 Å². The van der Waals surface area contributed by atoms with Crippen molar-refractivity contribution in [1.29, 1.82) is 0 Å². The minimum absolute atomic E-state index is 0.0753. The monoisotopic (exact) mass is 498 g/mol. The van der Waals surface area contributed by atoms with Crippen molar-refractivity contribution >= 4 is 11.7 Å². The molecule has 10 nitrogen and oxygen atoms in total. The molecule has 0 radical (unpaired) electrons. The molecule has 186 valence electrons. The van der Waals surface area contributed by atoms with Gasteiger partial charge in [-0.2, -0.15) is 13.2 Å². The van der Waals surface area contributed by atoms with Gasteiger partial charge in [0.2, 0.25) is 0 Å². The minimum atomic E-state index is -4.99. The van der Waals surface area contributed by atoms with Crippen molar-refractivity contribution in [3.8, 4) is 23.1 Å². The lowest BCUT2D eigenvalue weighted by Crippen LogP contribution is -2.41. The molecule has 0 aliphatic heterocycles. The number of esters is 1. The largest absolute Gasteiger partial charge is 0.463 e. The molecule has 1 aromatic carbocycles. The Hall–Kier alpha value is -4.36. The van der Waals surface area contributed by atoms with E-state index in [1.807, 2.05) is 0 Å². The van der Waals surface area contributed by atoms with Crippen LogP contribution in [0.5, 0.6) is 17.4 Å². The summed E-state index contributed by atoms with van der Waals surface area (Å²) in [7, 11) is 0.788. The summed E-state index contributed by atoms with van der Waals surface area (Å²) in [6.45, 7) is 1.24. The molecule has 2 N–H and O–H groups in total. The van der Waals surface area contributed by atoms with Gasteiger partial charge in [0.05, 0.1) is 18.0 Å². The zero-order valence-electron chi connectivity index (χ0n) is 18.3. The van der Waals surface area contributed by atoms with Crippen LogP contribution >= 0.6 is 0 Å². The number of nitrogen functional groups attached to an aromatic ring is 1. The van der Waals surface area contributed by atoms with E-state index < -0.39 is 47.2 Å². The Balaban J connectivity index is 2.05. The number of carbonyl (C=O) groups excluding carboxylic acids is 1. The van der Waals surface area contributed by atoms with Gasteiger partial charge in [0.15, 0.2) is 18.1 Å². The summed E-state index contributed by atoms with van der Waals surface area (Å²) < 4.78 is 70.0. The van der Waals surface area contributed by atoms with E-state index in [1.54, 1.807) is 6.92 Å². The van der Waals surface area contributed by atoms with E-state index in [0.717, 1.165) is 19.2 Å². The van der Waals surface area contributed by atoms with Crippen LogP contribution in [0.4, 0.5) is 23.2 Å². The fraction of sp³-hybridized carbons (Fsp3) is 0.238. The highest BCUT2D eigenvalue weighted by Crippen LogP contribution is 2.35. The van der Waals surface area contributed by atoms with E-state index in [4.69, 9.17) is 19.9 Å². The third kappa shape index (κ3) is 5.42.